The minimum Gasteiger partial charge on any atom is -0.467 e. The predicted octanol–water partition coefficient (Wildman–Crippen LogP) is 3.65. The number of carbonyl (C=O) groups excluding carboxylic acids is 2. The molecule has 0 spiro atoms. The van der Waals surface area contributed by atoms with Gasteiger partial charge in [-0.15, -0.1) is 11.8 Å². The van der Waals surface area contributed by atoms with Crippen molar-refractivity contribution in [1.82, 2.24) is 10.2 Å². The van der Waals surface area contributed by atoms with E-state index in [9.17, 15) is 9.59 Å². The molecule has 0 aromatic carbocycles. The van der Waals surface area contributed by atoms with Gasteiger partial charge in [-0.1, -0.05) is 13.8 Å². The van der Waals surface area contributed by atoms with Crippen LogP contribution in [0.5, 0.6) is 0 Å². The third-order valence-electron chi connectivity index (χ3n) is 4.08. The van der Waals surface area contributed by atoms with Crippen molar-refractivity contribution >= 4 is 34.9 Å². The maximum absolute atomic E-state index is 12.9. The Balaban J connectivity index is 1.78. The number of amides is 2. The van der Waals surface area contributed by atoms with Crippen LogP contribution in [0.25, 0.3) is 0 Å². The number of thioether (sulfide) groups is 1. The Hall–Kier alpha value is -1.73. The molecule has 134 valence electrons. The Morgan fingerprint density at radius 1 is 1.44 bits per heavy atom. The molecule has 1 aliphatic heterocycles. The normalized spacial score (nSPS) is 18.8. The summed E-state index contributed by atoms with van der Waals surface area (Å²) < 4.78 is 5.27. The van der Waals surface area contributed by atoms with Crippen molar-refractivity contribution in [2.24, 2.45) is 5.92 Å². The highest BCUT2D eigenvalue weighted by atomic mass is 32.2. The molecule has 0 aliphatic carbocycles. The summed E-state index contributed by atoms with van der Waals surface area (Å²) in [7, 11) is 0. The lowest BCUT2D eigenvalue weighted by Crippen LogP contribution is -2.49. The molecule has 3 heterocycles. The second-order valence-electron chi connectivity index (χ2n) is 6.46. The molecule has 1 fully saturated rings. The second kappa shape index (κ2) is 8.10. The molecule has 7 heteroatoms. The lowest BCUT2D eigenvalue weighted by molar-refractivity contribution is -0.139. The van der Waals surface area contributed by atoms with Gasteiger partial charge in [-0.2, -0.15) is 11.3 Å². The van der Waals surface area contributed by atoms with Crippen LogP contribution in [0.2, 0.25) is 0 Å². The summed E-state index contributed by atoms with van der Waals surface area (Å²) in [4.78, 5) is 27.2. The van der Waals surface area contributed by atoms with E-state index in [1.54, 1.807) is 40.3 Å². The number of rotatable bonds is 7. The highest BCUT2D eigenvalue weighted by Crippen LogP contribution is 2.41. The lowest BCUT2D eigenvalue weighted by atomic mass is 10.0. The van der Waals surface area contributed by atoms with E-state index in [1.165, 1.54) is 0 Å². The first kappa shape index (κ1) is 18.1. The zero-order chi connectivity index (χ0) is 17.8. The summed E-state index contributed by atoms with van der Waals surface area (Å²) in [5.74, 6) is 1.33. The van der Waals surface area contributed by atoms with Crippen molar-refractivity contribution in [3.63, 3.8) is 0 Å². The van der Waals surface area contributed by atoms with Crippen molar-refractivity contribution in [2.75, 3.05) is 5.75 Å². The zero-order valence-electron chi connectivity index (χ0n) is 14.3. The highest BCUT2D eigenvalue weighted by Gasteiger charge is 2.41. The van der Waals surface area contributed by atoms with E-state index in [0.29, 0.717) is 30.4 Å². The summed E-state index contributed by atoms with van der Waals surface area (Å²) in [6.07, 6.45) is 2.22. The van der Waals surface area contributed by atoms with Gasteiger partial charge >= 0.3 is 0 Å². The Bertz CT molecular complexity index is 698. The van der Waals surface area contributed by atoms with Crippen LogP contribution in [0, 0.1) is 5.92 Å². The third kappa shape index (κ3) is 4.27. The number of hydrogen-bond donors (Lipinski definition) is 1. The van der Waals surface area contributed by atoms with Gasteiger partial charge in [-0.3, -0.25) is 9.59 Å². The fraction of sp³-hybridized carbons (Fsp3) is 0.444. The van der Waals surface area contributed by atoms with Gasteiger partial charge in [0.2, 0.25) is 11.8 Å². The quantitative estimate of drug-likeness (QED) is 0.799. The van der Waals surface area contributed by atoms with E-state index in [-0.39, 0.29) is 17.2 Å². The van der Waals surface area contributed by atoms with Crippen LogP contribution in [0.4, 0.5) is 0 Å². The molecule has 2 atom stereocenters. The topological polar surface area (TPSA) is 62.6 Å². The molecule has 3 rings (SSSR count). The standard InChI is InChI=1S/C18H22N2O3S2/c1-12(2)8-15(17(22)19-9-14-4-3-6-23-14)20-16(21)11-25-18(20)13-5-7-24-10-13/h3-7,10,12,15,18H,8-9,11H2,1-2H3,(H,19,22)/t15-,18-/m1/s1. The molecule has 5 nitrogen and oxygen atoms in total. The van der Waals surface area contributed by atoms with Crippen LogP contribution < -0.4 is 5.32 Å². The van der Waals surface area contributed by atoms with Crippen LogP contribution in [-0.2, 0) is 16.1 Å². The van der Waals surface area contributed by atoms with E-state index in [4.69, 9.17) is 4.42 Å². The van der Waals surface area contributed by atoms with E-state index in [1.807, 2.05) is 17.5 Å². The smallest absolute Gasteiger partial charge is 0.243 e. The average Bonchev–Trinajstić information content (AvgIpc) is 3.31. The average molecular weight is 379 g/mol. The highest BCUT2D eigenvalue weighted by molar-refractivity contribution is 8.00. The third-order valence-corrected chi connectivity index (χ3v) is 6.01. The minimum absolute atomic E-state index is 0.0278. The Labute approximate surface area is 155 Å². The van der Waals surface area contributed by atoms with Gasteiger partial charge in [0.1, 0.15) is 17.2 Å². The zero-order valence-corrected chi connectivity index (χ0v) is 15.9. The number of nitrogens with one attached hydrogen (secondary N) is 1. The van der Waals surface area contributed by atoms with Gasteiger partial charge in [0.25, 0.3) is 0 Å². The van der Waals surface area contributed by atoms with E-state index < -0.39 is 6.04 Å². The maximum atomic E-state index is 12.9. The molecule has 2 amide bonds. The fourth-order valence-corrected chi connectivity index (χ4v) is 4.92. The van der Waals surface area contributed by atoms with Crippen molar-refractivity contribution < 1.29 is 14.0 Å². The van der Waals surface area contributed by atoms with Crippen LogP contribution in [0.15, 0.2) is 39.6 Å². The summed E-state index contributed by atoms with van der Waals surface area (Å²) in [5, 5.41) is 6.89. The van der Waals surface area contributed by atoms with Crippen LogP contribution in [0.3, 0.4) is 0 Å². The van der Waals surface area contributed by atoms with Crippen molar-refractivity contribution in [3.05, 3.63) is 46.5 Å². The van der Waals surface area contributed by atoms with Crippen molar-refractivity contribution in [1.29, 1.82) is 0 Å². The van der Waals surface area contributed by atoms with Crippen molar-refractivity contribution in [2.45, 2.75) is 38.2 Å². The Morgan fingerprint density at radius 2 is 2.28 bits per heavy atom. The molecule has 0 radical (unpaired) electrons. The molecule has 0 bridgehead atoms. The van der Waals surface area contributed by atoms with Gasteiger partial charge in [0.05, 0.1) is 18.6 Å². The summed E-state index contributed by atoms with van der Waals surface area (Å²) in [5.41, 5.74) is 1.09. The first-order valence-corrected chi connectivity index (χ1v) is 10.3. The SMILES string of the molecule is CC(C)C[C@H](C(=O)NCc1ccco1)N1C(=O)CS[C@@H]1c1ccsc1. The molecule has 0 unspecified atom stereocenters. The van der Waals surface area contributed by atoms with Gasteiger partial charge in [0, 0.05) is 0 Å². The van der Waals surface area contributed by atoms with Gasteiger partial charge < -0.3 is 14.6 Å². The van der Waals surface area contributed by atoms with Crippen LogP contribution in [-0.4, -0.2) is 28.5 Å². The molecule has 2 aromatic heterocycles. The molecule has 0 saturated carbocycles. The predicted molar refractivity (Wildman–Crippen MR) is 100 cm³/mol. The maximum Gasteiger partial charge on any atom is 0.243 e. The molecular formula is C18H22N2O3S2. The Morgan fingerprint density at radius 3 is 2.92 bits per heavy atom. The fourth-order valence-electron chi connectivity index (χ4n) is 2.94. The first-order chi connectivity index (χ1) is 12.1. The molecule has 25 heavy (non-hydrogen) atoms. The minimum atomic E-state index is -0.470. The van der Waals surface area contributed by atoms with Gasteiger partial charge in [-0.25, -0.2) is 0 Å². The number of nitrogens with zero attached hydrogens (tertiary/aromatic N) is 1. The largest absolute Gasteiger partial charge is 0.467 e. The van der Waals surface area contributed by atoms with Crippen LogP contribution >= 0.6 is 23.1 Å². The summed E-state index contributed by atoms with van der Waals surface area (Å²) in [6, 6.07) is 5.17. The van der Waals surface area contributed by atoms with Crippen molar-refractivity contribution in [3.8, 4) is 0 Å². The molecule has 1 aliphatic rings. The monoisotopic (exact) mass is 378 g/mol. The molecular weight excluding hydrogens is 356 g/mol. The first-order valence-electron chi connectivity index (χ1n) is 8.31. The second-order valence-corrected chi connectivity index (χ2v) is 8.31. The molecule has 1 N–H and O–H groups in total. The number of furan rings is 1. The number of thiophene rings is 1. The van der Waals surface area contributed by atoms with E-state index >= 15 is 0 Å². The van der Waals surface area contributed by atoms with Crippen LogP contribution in [0.1, 0.15) is 37.0 Å². The Kier molecular flexibility index (Phi) is 5.86. The number of hydrogen-bond acceptors (Lipinski definition) is 5. The van der Waals surface area contributed by atoms with E-state index in [0.717, 1.165) is 5.56 Å². The van der Waals surface area contributed by atoms with E-state index in [2.05, 4.69) is 24.5 Å². The van der Waals surface area contributed by atoms with Gasteiger partial charge in [0.15, 0.2) is 0 Å². The summed E-state index contributed by atoms with van der Waals surface area (Å²) in [6.45, 7) is 4.47. The summed E-state index contributed by atoms with van der Waals surface area (Å²) >= 11 is 3.20. The van der Waals surface area contributed by atoms with Gasteiger partial charge in [-0.05, 0) is 46.9 Å². The molecule has 2 aromatic rings. The molecule has 1 saturated heterocycles. The number of carbonyl (C=O) groups is 2. The lowest BCUT2D eigenvalue weighted by Gasteiger charge is -2.32.